The zero-order valence-corrected chi connectivity index (χ0v) is 12.3. The number of ether oxygens (including phenoxy) is 1. The van der Waals surface area contributed by atoms with Crippen LogP contribution in [0.5, 0.6) is 0 Å². The van der Waals surface area contributed by atoms with Gasteiger partial charge in [-0.15, -0.1) is 0 Å². The average molecular weight is 290 g/mol. The molecule has 1 saturated carbocycles. The Kier molecular flexibility index (Phi) is 5.20. The molecule has 0 saturated heterocycles. The second-order valence-electron chi connectivity index (χ2n) is 5.36. The second kappa shape index (κ2) is 7.11. The van der Waals surface area contributed by atoms with Gasteiger partial charge in [0.1, 0.15) is 0 Å². The molecule has 1 aromatic carbocycles. The highest BCUT2D eigenvalue weighted by Gasteiger charge is 2.28. The Labute approximate surface area is 124 Å². The Hall–Kier alpha value is -2.04. The van der Waals surface area contributed by atoms with Crippen LogP contribution < -0.4 is 11.1 Å². The van der Waals surface area contributed by atoms with Gasteiger partial charge >= 0.3 is 5.97 Å². The van der Waals surface area contributed by atoms with Crippen molar-refractivity contribution < 1.29 is 14.3 Å². The highest BCUT2D eigenvalue weighted by atomic mass is 16.5. The van der Waals surface area contributed by atoms with E-state index >= 15 is 0 Å². The molecule has 1 amide bonds. The Morgan fingerprint density at radius 2 is 1.90 bits per heavy atom. The van der Waals surface area contributed by atoms with Crippen molar-refractivity contribution in [2.45, 2.75) is 38.6 Å². The first-order chi connectivity index (χ1) is 10.1. The predicted octanol–water partition coefficient (Wildman–Crippen LogP) is 2.12. The quantitative estimate of drug-likeness (QED) is 0.657. The standard InChI is InChI=1S/C16H22N2O3/c1-2-21-16(20)11-7-9-12(10-8-11)18-15(19)13-5-3-4-6-14(13)17/h3-6,11-12H,2,7-10,17H2,1H3,(H,18,19). The highest BCUT2D eigenvalue weighted by Crippen LogP contribution is 2.25. The first-order valence-electron chi connectivity index (χ1n) is 7.43. The largest absolute Gasteiger partial charge is 0.466 e. The Balaban J connectivity index is 1.85. The number of esters is 1. The molecule has 1 aromatic rings. The van der Waals surface area contributed by atoms with E-state index in [1.165, 1.54) is 0 Å². The van der Waals surface area contributed by atoms with Gasteiger partial charge in [-0.3, -0.25) is 9.59 Å². The summed E-state index contributed by atoms with van der Waals surface area (Å²) in [7, 11) is 0. The summed E-state index contributed by atoms with van der Waals surface area (Å²) in [5.41, 5.74) is 6.79. The molecule has 2 rings (SSSR count). The van der Waals surface area contributed by atoms with Gasteiger partial charge in [0.15, 0.2) is 0 Å². The highest BCUT2D eigenvalue weighted by molar-refractivity contribution is 5.99. The second-order valence-corrected chi connectivity index (χ2v) is 5.36. The van der Waals surface area contributed by atoms with E-state index in [0.717, 1.165) is 25.7 Å². The summed E-state index contributed by atoms with van der Waals surface area (Å²) >= 11 is 0. The SMILES string of the molecule is CCOC(=O)C1CCC(NC(=O)c2ccccc2N)CC1. The van der Waals surface area contributed by atoms with E-state index in [-0.39, 0.29) is 23.8 Å². The minimum Gasteiger partial charge on any atom is -0.466 e. The molecular weight excluding hydrogens is 268 g/mol. The third-order valence-electron chi connectivity index (χ3n) is 3.89. The first kappa shape index (κ1) is 15.4. The van der Waals surface area contributed by atoms with Crippen molar-refractivity contribution in [3.63, 3.8) is 0 Å². The van der Waals surface area contributed by atoms with Crippen LogP contribution in [0.2, 0.25) is 0 Å². The van der Waals surface area contributed by atoms with Crippen LogP contribution in [-0.4, -0.2) is 24.5 Å². The van der Waals surface area contributed by atoms with Crippen LogP contribution in [0.15, 0.2) is 24.3 Å². The lowest BCUT2D eigenvalue weighted by molar-refractivity contribution is -0.149. The zero-order valence-electron chi connectivity index (χ0n) is 12.3. The summed E-state index contributed by atoms with van der Waals surface area (Å²) in [5.74, 6) is -0.290. The molecule has 3 N–H and O–H groups in total. The maximum atomic E-state index is 12.2. The fraction of sp³-hybridized carbons (Fsp3) is 0.500. The van der Waals surface area contributed by atoms with Gasteiger partial charge in [-0.1, -0.05) is 12.1 Å². The van der Waals surface area contributed by atoms with Gasteiger partial charge in [-0.05, 0) is 44.7 Å². The van der Waals surface area contributed by atoms with Crippen molar-refractivity contribution in [3.05, 3.63) is 29.8 Å². The summed E-state index contributed by atoms with van der Waals surface area (Å²) in [4.78, 5) is 23.8. The summed E-state index contributed by atoms with van der Waals surface area (Å²) < 4.78 is 5.04. The van der Waals surface area contributed by atoms with E-state index in [1.54, 1.807) is 24.3 Å². The summed E-state index contributed by atoms with van der Waals surface area (Å²) in [5, 5.41) is 3.00. The molecule has 0 bridgehead atoms. The smallest absolute Gasteiger partial charge is 0.308 e. The molecule has 0 radical (unpaired) electrons. The van der Waals surface area contributed by atoms with Crippen molar-refractivity contribution in [2.75, 3.05) is 12.3 Å². The van der Waals surface area contributed by atoms with Crippen molar-refractivity contribution in [1.29, 1.82) is 0 Å². The fourth-order valence-electron chi connectivity index (χ4n) is 2.70. The lowest BCUT2D eigenvalue weighted by atomic mass is 9.86. The predicted molar refractivity (Wildman–Crippen MR) is 80.7 cm³/mol. The lowest BCUT2D eigenvalue weighted by Gasteiger charge is -2.28. The number of para-hydroxylation sites is 1. The molecule has 0 atom stereocenters. The number of anilines is 1. The molecule has 1 aliphatic carbocycles. The maximum absolute atomic E-state index is 12.2. The third-order valence-corrected chi connectivity index (χ3v) is 3.89. The van der Waals surface area contributed by atoms with E-state index in [0.29, 0.717) is 17.9 Å². The van der Waals surface area contributed by atoms with Gasteiger partial charge in [0.25, 0.3) is 5.91 Å². The summed E-state index contributed by atoms with van der Waals surface area (Å²) in [6.45, 7) is 2.23. The normalized spacial score (nSPS) is 21.6. The number of hydrogen-bond donors (Lipinski definition) is 2. The van der Waals surface area contributed by atoms with E-state index in [1.807, 2.05) is 6.92 Å². The number of amides is 1. The van der Waals surface area contributed by atoms with E-state index in [9.17, 15) is 9.59 Å². The Morgan fingerprint density at radius 3 is 2.52 bits per heavy atom. The number of nitrogens with two attached hydrogens (primary N) is 1. The number of nitrogens with one attached hydrogen (secondary N) is 1. The molecule has 0 unspecified atom stereocenters. The van der Waals surface area contributed by atoms with E-state index < -0.39 is 0 Å². The minimum absolute atomic E-state index is 0.0279. The van der Waals surface area contributed by atoms with Crippen molar-refractivity contribution in [1.82, 2.24) is 5.32 Å². The zero-order chi connectivity index (χ0) is 15.2. The number of carbonyl (C=O) groups excluding carboxylic acids is 2. The van der Waals surface area contributed by atoms with Crippen LogP contribution in [0, 0.1) is 5.92 Å². The van der Waals surface area contributed by atoms with Crippen LogP contribution in [0.1, 0.15) is 43.0 Å². The number of carbonyl (C=O) groups is 2. The molecule has 0 aromatic heterocycles. The van der Waals surface area contributed by atoms with Gasteiger partial charge < -0.3 is 15.8 Å². The number of benzene rings is 1. The summed E-state index contributed by atoms with van der Waals surface area (Å²) in [6, 6.07) is 7.13. The molecule has 0 spiro atoms. The third kappa shape index (κ3) is 3.97. The van der Waals surface area contributed by atoms with Crippen LogP contribution >= 0.6 is 0 Å². The van der Waals surface area contributed by atoms with Crippen molar-refractivity contribution in [3.8, 4) is 0 Å². The van der Waals surface area contributed by atoms with Crippen molar-refractivity contribution >= 4 is 17.6 Å². The van der Waals surface area contributed by atoms with Gasteiger partial charge in [-0.2, -0.15) is 0 Å². The molecule has 5 nitrogen and oxygen atoms in total. The minimum atomic E-state index is -0.146. The first-order valence-corrected chi connectivity index (χ1v) is 7.43. The van der Waals surface area contributed by atoms with Crippen LogP contribution in [0.4, 0.5) is 5.69 Å². The average Bonchev–Trinajstić information content (AvgIpc) is 2.48. The monoisotopic (exact) mass is 290 g/mol. The van der Waals surface area contributed by atoms with Crippen LogP contribution in [-0.2, 0) is 9.53 Å². The van der Waals surface area contributed by atoms with Crippen LogP contribution in [0.3, 0.4) is 0 Å². The lowest BCUT2D eigenvalue weighted by Crippen LogP contribution is -2.39. The number of hydrogen-bond acceptors (Lipinski definition) is 4. The fourth-order valence-corrected chi connectivity index (χ4v) is 2.70. The number of rotatable bonds is 4. The molecule has 0 heterocycles. The molecule has 114 valence electrons. The molecular formula is C16H22N2O3. The molecule has 1 fully saturated rings. The van der Waals surface area contributed by atoms with Gasteiger partial charge in [-0.25, -0.2) is 0 Å². The Bertz CT molecular complexity index is 508. The van der Waals surface area contributed by atoms with Gasteiger partial charge in [0.2, 0.25) is 0 Å². The van der Waals surface area contributed by atoms with E-state index in [2.05, 4.69) is 5.32 Å². The molecule has 1 aliphatic rings. The number of nitrogen functional groups attached to an aromatic ring is 1. The van der Waals surface area contributed by atoms with Gasteiger partial charge in [0, 0.05) is 11.7 Å². The molecule has 0 aliphatic heterocycles. The van der Waals surface area contributed by atoms with Crippen LogP contribution in [0.25, 0.3) is 0 Å². The van der Waals surface area contributed by atoms with E-state index in [4.69, 9.17) is 10.5 Å². The Morgan fingerprint density at radius 1 is 1.24 bits per heavy atom. The molecule has 5 heteroatoms. The van der Waals surface area contributed by atoms with Gasteiger partial charge in [0.05, 0.1) is 18.1 Å². The van der Waals surface area contributed by atoms with Crippen molar-refractivity contribution in [2.24, 2.45) is 5.92 Å². The topological polar surface area (TPSA) is 81.4 Å². The maximum Gasteiger partial charge on any atom is 0.308 e. The summed E-state index contributed by atoms with van der Waals surface area (Å²) in [6.07, 6.45) is 3.10. The molecule has 21 heavy (non-hydrogen) atoms.